The fourth-order valence-corrected chi connectivity index (χ4v) is 1.37. The van der Waals surface area contributed by atoms with E-state index in [2.05, 4.69) is 16.7 Å². The molecule has 0 aromatic heterocycles. The normalized spacial score (nSPS) is 14.7. The molecule has 7 N–H and O–H groups in total. The van der Waals surface area contributed by atoms with Crippen LogP contribution in [-0.2, 0) is 14.0 Å². The highest BCUT2D eigenvalue weighted by Crippen LogP contribution is 2.05. The van der Waals surface area contributed by atoms with E-state index in [1.165, 1.54) is 17.6 Å². The SMILES string of the molecule is CCCCO.COCCCNC(=O)[C@H](O)[C@@H](O)[C@H](O)[C@H](O)CO.CO[SiH2]. The van der Waals surface area contributed by atoms with Crippen molar-refractivity contribution >= 4 is 16.4 Å². The van der Waals surface area contributed by atoms with Gasteiger partial charge in [0.1, 0.15) is 18.3 Å². The van der Waals surface area contributed by atoms with E-state index in [9.17, 15) is 20.1 Å². The quantitative estimate of drug-likeness (QED) is 0.137. The molecular weight excluding hydrogens is 366 g/mol. The Hall–Kier alpha value is -0.633. The molecule has 0 aromatic rings. The zero-order valence-corrected chi connectivity index (χ0v) is 17.3. The molecule has 11 heteroatoms. The second-order valence-electron chi connectivity index (χ2n) is 5.18. The minimum Gasteiger partial charge on any atom is -0.428 e. The van der Waals surface area contributed by atoms with Crippen molar-refractivity contribution in [1.29, 1.82) is 0 Å². The molecule has 10 nitrogen and oxygen atoms in total. The first-order chi connectivity index (χ1) is 12.3. The second-order valence-corrected chi connectivity index (χ2v) is 5.76. The van der Waals surface area contributed by atoms with E-state index >= 15 is 0 Å². The Morgan fingerprint density at radius 3 is 1.96 bits per heavy atom. The van der Waals surface area contributed by atoms with Gasteiger partial charge >= 0.3 is 0 Å². The summed E-state index contributed by atoms with van der Waals surface area (Å²) in [6, 6.07) is 0. The van der Waals surface area contributed by atoms with Crippen LogP contribution < -0.4 is 5.32 Å². The van der Waals surface area contributed by atoms with Crippen molar-refractivity contribution in [2.75, 3.05) is 40.6 Å². The summed E-state index contributed by atoms with van der Waals surface area (Å²) in [4.78, 5) is 11.3. The van der Waals surface area contributed by atoms with Crippen LogP contribution in [0, 0.1) is 0 Å². The van der Waals surface area contributed by atoms with Gasteiger partial charge in [0.05, 0.1) is 6.61 Å². The van der Waals surface area contributed by atoms with E-state index in [1.807, 2.05) is 0 Å². The van der Waals surface area contributed by atoms with Crippen molar-refractivity contribution < 1.29 is 44.6 Å². The van der Waals surface area contributed by atoms with Crippen LogP contribution in [0.5, 0.6) is 0 Å². The summed E-state index contributed by atoms with van der Waals surface area (Å²) in [7, 11) is 4.62. The average molecular weight is 403 g/mol. The Morgan fingerprint density at radius 2 is 1.62 bits per heavy atom. The molecule has 0 bridgehead atoms. The highest BCUT2D eigenvalue weighted by Gasteiger charge is 2.33. The van der Waals surface area contributed by atoms with E-state index in [0.717, 1.165) is 12.8 Å². The maximum atomic E-state index is 11.3. The largest absolute Gasteiger partial charge is 0.428 e. The third-order valence-corrected chi connectivity index (χ3v) is 2.86. The predicted octanol–water partition coefficient (Wildman–Crippen LogP) is -3.47. The lowest BCUT2D eigenvalue weighted by atomic mass is 10.0. The molecule has 0 aromatic carbocycles. The van der Waals surface area contributed by atoms with Gasteiger partial charge in [-0.1, -0.05) is 13.3 Å². The monoisotopic (exact) mass is 402 g/mol. The molecule has 0 unspecified atom stereocenters. The summed E-state index contributed by atoms with van der Waals surface area (Å²) in [5, 5.41) is 56.1. The number of amides is 1. The van der Waals surface area contributed by atoms with Gasteiger partial charge < -0.3 is 45.1 Å². The molecular formula is C15H36NO9Si. The number of nitrogens with one attached hydrogen (secondary N) is 1. The third-order valence-electron chi connectivity index (χ3n) is 2.86. The average Bonchev–Trinajstić information content (AvgIpc) is 2.64. The Kier molecular flexibility index (Phi) is 25.9. The van der Waals surface area contributed by atoms with Gasteiger partial charge in [0.25, 0.3) is 5.91 Å². The predicted molar refractivity (Wildman–Crippen MR) is 98.2 cm³/mol. The molecule has 1 radical (unpaired) electrons. The first kappa shape index (κ1) is 30.1. The molecule has 0 aliphatic rings. The van der Waals surface area contributed by atoms with E-state index in [1.54, 1.807) is 7.11 Å². The van der Waals surface area contributed by atoms with Crippen molar-refractivity contribution in [2.45, 2.75) is 50.6 Å². The van der Waals surface area contributed by atoms with Gasteiger partial charge in [-0.25, -0.2) is 0 Å². The molecule has 0 heterocycles. The Labute approximate surface area is 158 Å². The molecule has 1 amide bonds. The molecule has 0 aliphatic heterocycles. The van der Waals surface area contributed by atoms with Gasteiger partial charge in [0.2, 0.25) is 0 Å². The van der Waals surface area contributed by atoms with Crippen LogP contribution in [-0.4, -0.2) is 112 Å². The van der Waals surface area contributed by atoms with Gasteiger partial charge in [-0.3, -0.25) is 4.79 Å². The smallest absolute Gasteiger partial charge is 0.251 e. The summed E-state index contributed by atoms with van der Waals surface area (Å²) in [6.45, 7) is 2.28. The Balaban J connectivity index is -0.000000553. The molecule has 0 fully saturated rings. The van der Waals surface area contributed by atoms with Gasteiger partial charge in [0, 0.05) is 34.0 Å². The van der Waals surface area contributed by atoms with Crippen LogP contribution in [0.3, 0.4) is 0 Å². The number of hydrogen-bond donors (Lipinski definition) is 7. The van der Waals surface area contributed by atoms with Gasteiger partial charge in [-0.05, 0) is 12.8 Å². The van der Waals surface area contributed by atoms with E-state index in [0.29, 0.717) is 19.6 Å². The number of aliphatic hydroxyl groups excluding tert-OH is 6. The van der Waals surface area contributed by atoms with Gasteiger partial charge in [-0.15, -0.1) is 0 Å². The highest BCUT2D eigenvalue weighted by molar-refractivity contribution is 5.97. The van der Waals surface area contributed by atoms with E-state index in [-0.39, 0.29) is 6.54 Å². The topological polar surface area (TPSA) is 169 Å². The number of carbonyl (C=O) groups excluding carboxylic acids is 1. The fraction of sp³-hybridized carbons (Fsp3) is 0.933. The molecule has 0 saturated heterocycles. The number of hydrogen-bond acceptors (Lipinski definition) is 9. The summed E-state index contributed by atoms with van der Waals surface area (Å²) in [5.74, 6) is -0.872. The summed E-state index contributed by atoms with van der Waals surface area (Å²) >= 11 is 0. The lowest BCUT2D eigenvalue weighted by Crippen LogP contribution is -2.51. The lowest BCUT2D eigenvalue weighted by molar-refractivity contribution is -0.148. The van der Waals surface area contributed by atoms with Crippen molar-refractivity contribution in [3.63, 3.8) is 0 Å². The van der Waals surface area contributed by atoms with Crippen LogP contribution >= 0.6 is 0 Å². The number of rotatable bonds is 11. The minimum atomic E-state index is -1.89. The zero-order chi connectivity index (χ0) is 21.0. The van der Waals surface area contributed by atoms with Crippen molar-refractivity contribution in [3.8, 4) is 0 Å². The molecule has 0 spiro atoms. The number of aliphatic hydroxyl groups is 6. The van der Waals surface area contributed by atoms with E-state index < -0.39 is 36.9 Å². The van der Waals surface area contributed by atoms with Crippen LogP contribution in [0.15, 0.2) is 0 Å². The molecule has 0 aliphatic carbocycles. The summed E-state index contributed by atoms with van der Waals surface area (Å²) in [5.41, 5.74) is 0. The summed E-state index contributed by atoms with van der Waals surface area (Å²) in [6.07, 6.45) is -4.63. The minimum absolute atomic E-state index is 0.245. The zero-order valence-electron chi connectivity index (χ0n) is 15.9. The number of carbonyl (C=O) groups is 1. The maximum Gasteiger partial charge on any atom is 0.251 e. The van der Waals surface area contributed by atoms with Gasteiger partial charge in [0.15, 0.2) is 16.6 Å². The Morgan fingerprint density at radius 1 is 1.08 bits per heavy atom. The number of ether oxygens (including phenoxy) is 1. The highest BCUT2D eigenvalue weighted by atomic mass is 28.2. The van der Waals surface area contributed by atoms with Crippen molar-refractivity contribution in [2.24, 2.45) is 0 Å². The first-order valence-electron chi connectivity index (χ1n) is 8.27. The number of methoxy groups -OCH3 is 1. The molecule has 4 atom stereocenters. The second kappa shape index (κ2) is 22.4. The fourth-order valence-electron chi connectivity index (χ4n) is 1.37. The van der Waals surface area contributed by atoms with Gasteiger partial charge in [-0.2, -0.15) is 0 Å². The third kappa shape index (κ3) is 18.2. The molecule has 26 heavy (non-hydrogen) atoms. The van der Waals surface area contributed by atoms with Crippen LogP contribution in [0.25, 0.3) is 0 Å². The van der Waals surface area contributed by atoms with E-state index in [4.69, 9.17) is 20.1 Å². The molecule has 0 rings (SSSR count). The maximum absolute atomic E-state index is 11.3. The van der Waals surface area contributed by atoms with Crippen molar-refractivity contribution in [1.82, 2.24) is 5.32 Å². The molecule has 0 saturated carbocycles. The first-order valence-corrected chi connectivity index (χ1v) is 8.85. The van der Waals surface area contributed by atoms with Crippen LogP contribution in [0.1, 0.15) is 26.2 Å². The summed E-state index contributed by atoms with van der Waals surface area (Å²) < 4.78 is 9.03. The van der Waals surface area contributed by atoms with Crippen molar-refractivity contribution in [3.05, 3.63) is 0 Å². The van der Waals surface area contributed by atoms with Crippen LogP contribution in [0.4, 0.5) is 0 Å². The number of unbranched alkanes of at least 4 members (excludes halogenated alkanes) is 1. The Bertz CT molecular complexity index is 298. The lowest BCUT2D eigenvalue weighted by Gasteiger charge is -2.24. The molecule has 159 valence electrons. The van der Waals surface area contributed by atoms with Crippen LogP contribution in [0.2, 0.25) is 0 Å². The standard InChI is InChI=1S/C10H21NO7.C4H10O.CH5OSi/c1-18-4-2-3-11-10(17)9(16)8(15)7(14)6(13)5-12;1-2-3-4-5;1-2-3/h6-9,12-16H,2-5H2,1H3,(H,11,17);5H,2-4H2,1H3;3H2,1H3/t6-,7-,8+,9-;;/m1../s1.